The Morgan fingerprint density at radius 2 is 1.49 bits per heavy atom. The minimum Gasteiger partial charge on any atom is -0.480 e. The predicted molar refractivity (Wildman–Crippen MR) is 200 cm³/mol. The van der Waals surface area contributed by atoms with Crippen LogP contribution >= 0.6 is 35.0 Å². The van der Waals surface area contributed by atoms with E-state index in [-0.39, 0.29) is 24.3 Å². The van der Waals surface area contributed by atoms with Gasteiger partial charge in [-0.2, -0.15) is 0 Å². The lowest BCUT2D eigenvalue weighted by Gasteiger charge is -2.39. The van der Waals surface area contributed by atoms with Crippen molar-refractivity contribution < 1.29 is 29.1 Å². The van der Waals surface area contributed by atoms with Gasteiger partial charge in [0.25, 0.3) is 0 Å². The van der Waals surface area contributed by atoms with Gasteiger partial charge in [0.05, 0.1) is 17.4 Å². The molecule has 2 aromatic rings. The van der Waals surface area contributed by atoms with Crippen LogP contribution in [0.2, 0.25) is 10.0 Å². The number of para-hydroxylation sites is 2. The summed E-state index contributed by atoms with van der Waals surface area (Å²) in [6, 6.07) is 9.32. The Hall–Kier alpha value is -3.52. The number of unbranched alkanes of at least 4 members (excludes halogenated alkanes) is 1. The zero-order valence-corrected chi connectivity index (χ0v) is 31.5. The van der Waals surface area contributed by atoms with E-state index < -0.39 is 35.9 Å². The van der Waals surface area contributed by atoms with E-state index in [1.807, 2.05) is 29.2 Å². The van der Waals surface area contributed by atoms with Crippen molar-refractivity contribution >= 4 is 75.9 Å². The Labute approximate surface area is 312 Å². The first-order valence-corrected chi connectivity index (χ1v) is 19.3. The van der Waals surface area contributed by atoms with Gasteiger partial charge in [0, 0.05) is 53.8 Å². The molecule has 5 rings (SSSR count). The summed E-state index contributed by atoms with van der Waals surface area (Å²) in [5.74, 6) is -1.15. The first-order chi connectivity index (χ1) is 24.3. The first kappa shape index (κ1) is 38.7. The zero-order valence-electron chi connectivity index (χ0n) is 29.1. The quantitative estimate of drug-likeness (QED) is 0.196. The van der Waals surface area contributed by atoms with Crippen molar-refractivity contribution in [2.24, 2.45) is 0 Å². The minimum absolute atomic E-state index is 0.116. The summed E-state index contributed by atoms with van der Waals surface area (Å²) in [6.45, 7) is 6.28. The summed E-state index contributed by atoms with van der Waals surface area (Å²) in [7, 11) is 0. The Morgan fingerprint density at radius 1 is 0.863 bits per heavy atom. The van der Waals surface area contributed by atoms with E-state index in [4.69, 9.17) is 28.3 Å². The fourth-order valence-corrected chi connectivity index (χ4v) is 8.08. The number of benzene rings is 2. The molecule has 2 heterocycles. The van der Waals surface area contributed by atoms with Crippen molar-refractivity contribution in [2.45, 2.75) is 96.1 Å². The average molecular weight is 762 g/mol. The van der Waals surface area contributed by atoms with Crippen LogP contribution < -0.4 is 25.8 Å². The second-order valence-corrected chi connectivity index (χ2v) is 15.3. The smallest absolute Gasteiger partial charge is 0.325 e. The molecule has 12 nitrogen and oxygen atoms in total. The van der Waals surface area contributed by atoms with E-state index >= 15 is 0 Å². The van der Waals surface area contributed by atoms with E-state index in [9.17, 15) is 24.0 Å². The van der Waals surface area contributed by atoms with Crippen molar-refractivity contribution in [2.75, 3.05) is 34.5 Å². The highest BCUT2D eigenvalue weighted by molar-refractivity contribution is 7.99. The van der Waals surface area contributed by atoms with Crippen LogP contribution in [0, 0.1) is 0 Å². The number of halogens is 2. The number of nitrogens with one attached hydrogen (secondary N) is 3. The van der Waals surface area contributed by atoms with E-state index in [2.05, 4.69) is 37.9 Å². The largest absolute Gasteiger partial charge is 0.480 e. The lowest BCUT2D eigenvalue weighted by molar-refractivity contribution is -0.141. The molecular weight excluding hydrogens is 715 g/mol. The highest BCUT2D eigenvalue weighted by Gasteiger charge is 2.40. The molecule has 0 bridgehead atoms. The van der Waals surface area contributed by atoms with Gasteiger partial charge in [-0.05, 0) is 88.3 Å². The van der Waals surface area contributed by atoms with E-state index in [0.717, 1.165) is 34.9 Å². The second-order valence-electron chi connectivity index (χ2n) is 13.5. The van der Waals surface area contributed by atoms with E-state index in [0.29, 0.717) is 54.2 Å². The number of amides is 4. The number of anilines is 2. The molecule has 51 heavy (non-hydrogen) atoms. The van der Waals surface area contributed by atoms with Crippen LogP contribution in [0.3, 0.4) is 0 Å². The summed E-state index contributed by atoms with van der Waals surface area (Å²) < 4.78 is 0. The number of hydrogen-bond acceptors (Lipinski definition) is 8. The molecular formula is C36H46Cl2N6O6S. The molecule has 276 valence electrons. The molecule has 1 saturated heterocycles. The van der Waals surface area contributed by atoms with Gasteiger partial charge in [-0.1, -0.05) is 35.3 Å². The fourth-order valence-electron chi connectivity index (χ4n) is 6.36. The molecule has 2 aromatic carbocycles. The molecule has 15 heteroatoms. The third kappa shape index (κ3) is 9.88. The number of carbonyl (C=O) groups is 5. The van der Waals surface area contributed by atoms with Gasteiger partial charge in [0.15, 0.2) is 0 Å². The number of thioether (sulfide) groups is 1. The maximum absolute atomic E-state index is 14.0. The molecule has 0 aromatic heterocycles. The van der Waals surface area contributed by atoms with Crippen molar-refractivity contribution in [1.29, 1.82) is 0 Å². The Kier molecular flexibility index (Phi) is 13.2. The third-order valence-corrected chi connectivity index (χ3v) is 11.3. The summed E-state index contributed by atoms with van der Waals surface area (Å²) in [5.41, 5.74) is 3.86. The van der Waals surface area contributed by atoms with Crippen LogP contribution in [0.1, 0.15) is 64.0 Å². The molecule has 1 aliphatic carbocycles. The van der Waals surface area contributed by atoms with Gasteiger partial charge in [-0.3, -0.25) is 28.9 Å². The lowest BCUT2D eigenvalue weighted by Crippen LogP contribution is -2.53. The van der Waals surface area contributed by atoms with Gasteiger partial charge in [-0.25, -0.2) is 0 Å². The standard InChI is InChI=1S/C36H46Cl2N6O6S/c1-21(33(46)40-22(2)34(47)41-23(3)36(49)50)39-32(45)11-7-4-8-24-16-28(38)25(17-27(24)37)18-42-20-51-19-31(42)35(48)44-15-14-43(26-12-13-26)29-9-5-6-10-30(29)44/h5-6,9-10,16-17,21-23,26,31H,4,7-8,11-15,18-20H2,1-3H3,(H,39,45)(H,40,46)(H,41,47)(H,49,50)/t21-,22-,23-,31+/m1/s1. The number of hydrogen-bond donors (Lipinski definition) is 4. The SMILES string of the molecule is C[C@@H](NC(=O)[C@@H](C)NC(=O)[C@@H](C)NC(=O)CCCCc1cc(Cl)c(CN2CSC[C@H]2C(=O)N2CCN(C3CC3)c3ccccc32)cc1Cl)C(=O)O. The van der Waals surface area contributed by atoms with Crippen LogP contribution in [0.15, 0.2) is 36.4 Å². The predicted octanol–water partition coefficient (Wildman–Crippen LogP) is 4.20. The summed E-state index contributed by atoms with van der Waals surface area (Å²) in [4.78, 5) is 68.6. The Morgan fingerprint density at radius 3 is 2.18 bits per heavy atom. The molecule has 2 fully saturated rings. The Bertz CT molecular complexity index is 1640. The van der Waals surface area contributed by atoms with Crippen molar-refractivity contribution in [1.82, 2.24) is 20.9 Å². The molecule has 0 unspecified atom stereocenters. The molecule has 0 spiro atoms. The van der Waals surface area contributed by atoms with Gasteiger partial charge in [0.1, 0.15) is 18.1 Å². The van der Waals surface area contributed by atoms with Crippen molar-refractivity contribution in [3.05, 3.63) is 57.6 Å². The third-order valence-electron chi connectivity index (χ3n) is 9.50. The number of aryl methyl sites for hydroxylation is 1. The lowest BCUT2D eigenvalue weighted by atomic mass is 10.0. The highest BCUT2D eigenvalue weighted by atomic mass is 35.5. The van der Waals surface area contributed by atoms with Crippen LogP contribution in [0.5, 0.6) is 0 Å². The van der Waals surface area contributed by atoms with Crippen LogP contribution in [-0.2, 0) is 36.9 Å². The number of nitrogens with zero attached hydrogens (tertiary/aromatic N) is 3. The highest BCUT2D eigenvalue weighted by Crippen LogP contribution is 2.41. The second kappa shape index (κ2) is 17.3. The topological polar surface area (TPSA) is 151 Å². The zero-order chi connectivity index (χ0) is 36.8. The molecule has 1 saturated carbocycles. The van der Waals surface area contributed by atoms with Crippen LogP contribution in [0.4, 0.5) is 11.4 Å². The number of carboxylic acids is 1. The molecule has 3 aliphatic rings. The number of aliphatic carboxylic acids is 1. The summed E-state index contributed by atoms with van der Waals surface area (Å²) in [6.07, 6.45) is 4.43. The Balaban J connectivity index is 1.08. The van der Waals surface area contributed by atoms with Gasteiger partial charge in [0.2, 0.25) is 23.6 Å². The normalized spacial score (nSPS) is 19.1. The van der Waals surface area contributed by atoms with Gasteiger partial charge in [-0.15, -0.1) is 11.8 Å². The molecule has 0 radical (unpaired) electrons. The number of carboxylic acid groups (broad SMARTS) is 1. The maximum atomic E-state index is 14.0. The minimum atomic E-state index is -1.19. The molecule has 4 N–H and O–H groups in total. The van der Waals surface area contributed by atoms with Crippen molar-refractivity contribution in [3.63, 3.8) is 0 Å². The summed E-state index contributed by atoms with van der Waals surface area (Å²) in [5, 5.41) is 17.5. The van der Waals surface area contributed by atoms with E-state index in [1.165, 1.54) is 33.6 Å². The monoisotopic (exact) mass is 760 g/mol. The fraction of sp³-hybridized carbons (Fsp3) is 0.528. The molecule has 2 aliphatic heterocycles. The molecule has 4 atom stereocenters. The number of rotatable bonds is 15. The average Bonchev–Trinajstić information content (AvgIpc) is 3.84. The van der Waals surface area contributed by atoms with Crippen molar-refractivity contribution in [3.8, 4) is 0 Å². The van der Waals surface area contributed by atoms with Gasteiger partial charge >= 0.3 is 5.97 Å². The number of fused-ring (bicyclic) bond motifs is 1. The van der Waals surface area contributed by atoms with Crippen LogP contribution in [0.25, 0.3) is 0 Å². The number of carbonyl (C=O) groups excluding carboxylic acids is 4. The van der Waals surface area contributed by atoms with Crippen LogP contribution in [-0.4, -0.2) is 94.5 Å². The van der Waals surface area contributed by atoms with E-state index in [1.54, 1.807) is 11.8 Å². The maximum Gasteiger partial charge on any atom is 0.325 e. The first-order valence-electron chi connectivity index (χ1n) is 17.4. The van der Waals surface area contributed by atoms with Gasteiger partial charge < -0.3 is 30.9 Å². The molecule has 4 amide bonds. The summed E-state index contributed by atoms with van der Waals surface area (Å²) >= 11 is 15.2.